The average Bonchev–Trinajstić information content (AvgIpc) is 2.79. The molecule has 0 spiro atoms. The van der Waals surface area contributed by atoms with E-state index in [9.17, 15) is 10.0 Å². The molecule has 2 fully saturated rings. The fourth-order valence-electron chi connectivity index (χ4n) is 3.18. The zero-order valence-corrected chi connectivity index (χ0v) is 12.4. The highest BCUT2D eigenvalue weighted by Crippen LogP contribution is 2.35. The Balaban J connectivity index is 1.60. The van der Waals surface area contributed by atoms with Gasteiger partial charge in [-0.3, -0.25) is 4.79 Å². The molecule has 1 aromatic rings. The minimum Gasteiger partial charge on any atom is -0.783 e. The molecule has 4 nitrogen and oxygen atoms in total. The molecule has 1 aromatic carbocycles. The summed E-state index contributed by atoms with van der Waals surface area (Å²) in [5.74, 6) is 0.351. The lowest BCUT2D eigenvalue weighted by atomic mass is 9.75. The van der Waals surface area contributed by atoms with Crippen molar-refractivity contribution in [2.24, 2.45) is 11.8 Å². The van der Waals surface area contributed by atoms with Gasteiger partial charge in [-0.05, 0) is 30.7 Å². The van der Waals surface area contributed by atoms with Crippen LogP contribution >= 0.6 is 0 Å². The number of benzene rings is 1. The van der Waals surface area contributed by atoms with Gasteiger partial charge in [0.2, 0.25) is 0 Å². The Bertz CT molecular complexity index is 486. The topological polar surface area (TPSA) is 52.6 Å². The number of carbonyl (C=O) groups is 1. The van der Waals surface area contributed by atoms with Gasteiger partial charge in [0.05, 0.1) is 6.61 Å². The van der Waals surface area contributed by atoms with Gasteiger partial charge < -0.3 is 15.0 Å². The largest absolute Gasteiger partial charge is 0.783 e. The number of ketones is 1. The van der Waals surface area contributed by atoms with E-state index < -0.39 is 6.23 Å². The van der Waals surface area contributed by atoms with Crippen LogP contribution in [0.1, 0.15) is 31.7 Å². The predicted molar refractivity (Wildman–Crippen MR) is 80.4 cm³/mol. The molecular weight excluding hydrogens is 266 g/mol. The van der Waals surface area contributed by atoms with Gasteiger partial charge in [-0.2, -0.15) is 0 Å². The molecule has 0 bridgehead atoms. The second kappa shape index (κ2) is 6.26. The number of hydrogen-bond donors (Lipinski definition) is 0. The second-order valence-corrected chi connectivity index (χ2v) is 6.27. The third-order valence-corrected chi connectivity index (χ3v) is 4.90. The van der Waals surface area contributed by atoms with Gasteiger partial charge >= 0.3 is 0 Å². The van der Waals surface area contributed by atoms with E-state index in [4.69, 9.17) is 4.74 Å². The fraction of sp³-hybridized carbons (Fsp3) is 0.588. The Morgan fingerprint density at radius 2 is 2.10 bits per heavy atom. The highest BCUT2D eigenvalue weighted by molar-refractivity contribution is 5.85. The molecule has 0 amide bonds. The van der Waals surface area contributed by atoms with Gasteiger partial charge in [0, 0.05) is 12.0 Å². The fourth-order valence-corrected chi connectivity index (χ4v) is 3.18. The molecule has 1 aliphatic heterocycles. The third kappa shape index (κ3) is 3.03. The van der Waals surface area contributed by atoms with Crippen LogP contribution in [-0.2, 0) is 16.0 Å². The average molecular weight is 288 g/mol. The zero-order valence-electron chi connectivity index (χ0n) is 12.4. The first-order chi connectivity index (χ1) is 10.2. The van der Waals surface area contributed by atoms with Gasteiger partial charge in [-0.25, -0.2) is 0 Å². The van der Waals surface area contributed by atoms with Crippen LogP contribution < -0.4 is 0 Å². The summed E-state index contributed by atoms with van der Waals surface area (Å²) in [7, 11) is 0. The summed E-state index contributed by atoms with van der Waals surface area (Å²) in [6, 6.07) is 9.62. The maximum absolute atomic E-state index is 12.4. The molecule has 3 atom stereocenters. The first kappa shape index (κ1) is 14.7. The third-order valence-electron chi connectivity index (χ3n) is 4.90. The summed E-state index contributed by atoms with van der Waals surface area (Å²) in [5, 5.41) is 13.2. The minimum atomic E-state index is -0.894. The predicted octanol–water partition coefficient (Wildman–Crippen LogP) is 2.76. The number of ether oxygens (including phenoxy) is 1. The lowest BCUT2D eigenvalue weighted by molar-refractivity contribution is -0.139. The molecule has 1 saturated carbocycles. The van der Waals surface area contributed by atoms with E-state index in [1.807, 2.05) is 37.3 Å². The van der Waals surface area contributed by atoms with Crippen LogP contribution in [0.2, 0.25) is 0 Å². The van der Waals surface area contributed by atoms with Crippen LogP contribution in [0, 0.1) is 17.0 Å². The summed E-state index contributed by atoms with van der Waals surface area (Å²) in [5.41, 5.74) is 1.10. The first-order valence-corrected chi connectivity index (χ1v) is 7.81. The maximum Gasteiger partial charge on any atom is 0.178 e. The van der Waals surface area contributed by atoms with E-state index in [1.54, 1.807) is 0 Å². The van der Waals surface area contributed by atoms with Crippen molar-refractivity contribution in [3.63, 3.8) is 0 Å². The molecule has 114 valence electrons. The van der Waals surface area contributed by atoms with Crippen molar-refractivity contribution in [3.05, 3.63) is 41.1 Å². The van der Waals surface area contributed by atoms with Crippen molar-refractivity contribution in [1.82, 2.24) is 5.06 Å². The second-order valence-electron chi connectivity index (χ2n) is 6.27. The van der Waals surface area contributed by atoms with Crippen LogP contribution in [0.3, 0.4) is 0 Å². The highest BCUT2D eigenvalue weighted by Gasteiger charge is 2.38. The molecule has 1 aliphatic carbocycles. The first-order valence-electron chi connectivity index (χ1n) is 7.81. The Kier molecular flexibility index (Phi) is 4.38. The molecule has 2 unspecified atom stereocenters. The number of Topliss-reactive ketones (excluding diaryl/α,β-unsaturated/α-hetero) is 1. The minimum absolute atomic E-state index is 0.0368. The molecule has 3 rings (SSSR count). The molecular formula is C17H22NO3-. The molecule has 2 aliphatic rings. The summed E-state index contributed by atoms with van der Waals surface area (Å²) in [6.45, 7) is 2.28. The zero-order chi connectivity index (χ0) is 14.8. The molecule has 0 N–H and O–H groups in total. The van der Waals surface area contributed by atoms with E-state index in [0.29, 0.717) is 18.9 Å². The van der Waals surface area contributed by atoms with Gasteiger partial charge in [0.1, 0.15) is 0 Å². The highest BCUT2D eigenvalue weighted by atomic mass is 16.6. The molecule has 4 heteroatoms. The SMILES string of the molecule is C[C@@H](C(=O)C1OCC(Cc2ccccc2)N1[O-])C1CCC1. The van der Waals surface area contributed by atoms with Crippen LogP contribution in [0.25, 0.3) is 0 Å². The molecule has 1 saturated heterocycles. The van der Waals surface area contributed by atoms with Gasteiger partial charge in [0.15, 0.2) is 12.0 Å². The molecule has 1 heterocycles. The standard InChI is InChI=1S/C17H22NO3/c1-12(14-8-5-9-14)16(19)17-18(20)15(11-21-17)10-13-6-3-2-4-7-13/h2-4,6-7,12,14-15,17H,5,8-11H2,1H3/q-1/t12-,15?,17?/m1/s1. The Labute approximate surface area is 125 Å². The molecule has 0 radical (unpaired) electrons. The number of rotatable bonds is 5. The number of nitrogens with zero attached hydrogens (tertiary/aromatic N) is 1. The summed E-state index contributed by atoms with van der Waals surface area (Å²) in [6.07, 6.45) is 3.14. The summed E-state index contributed by atoms with van der Waals surface area (Å²) >= 11 is 0. The normalized spacial score (nSPS) is 28.3. The lowest BCUT2D eigenvalue weighted by Gasteiger charge is -2.37. The maximum atomic E-state index is 12.4. The van der Waals surface area contributed by atoms with Gasteiger partial charge in [-0.1, -0.05) is 43.7 Å². The number of carbonyl (C=O) groups excluding carboxylic acids is 1. The van der Waals surface area contributed by atoms with Crippen molar-refractivity contribution in [3.8, 4) is 0 Å². The quantitative estimate of drug-likeness (QED) is 0.836. The van der Waals surface area contributed by atoms with Crippen molar-refractivity contribution in [2.75, 3.05) is 6.61 Å². The van der Waals surface area contributed by atoms with Gasteiger partial charge in [0.25, 0.3) is 0 Å². The van der Waals surface area contributed by atoms with Crippen molar-refractivity contribution in [2.45, 2.75) is 44.9 Å². The van der Waals surface area contributed by atoms with Crippen molar-refractivity contribution < 1.29 is 9.53 Å². The Morgan fingerprint density at radius 1 is 1.38 bits per heavy atom. The smallest absolute Gasteiger partial charge is 0.178 e. The Morgan fingerprint density at radius 3 is 2.71 bits per heavy atom. The van der Waals surface area contributed by atoms with E-state index in [2.05, 4.69) is 0 Å². The van der Waals surface area contributed by atoms with Gasteiger partial charge in [-0.15, -0.1) is 0 Å². The van der Waals surface area contributed by atoms with Crippen molar-refractivity contribution in [1.29, 1.82) is 0 Å². The van der Waals surface area contributed by atoms with Crippen LogP contribution in [0.5, 0.6) is 0 Å². The van der Waals surface area contributed by atoms with Crippen LogP contribution in [0.4, 0.5) is 0 Å². The number of hydrogen-bond acceptors (Lipinski definition) is 4. The van der Waals surface area contributed by atoms with E-state index >= 15 is 0 Å². The Hall–Kier alpha value is -1.23. The summed E-state index contributed by atoms with van der Waals surface area (Å²) < 4.78 is 5.52. The van der Waals surface area contributed by atoms with Crippen LogP contribution in [-0.4, -0.2) is 29.7 Å². The van der Waals surface area contributed by atoms with Crippen LogP contribution in [0.15, 0.2) is 30.3 Å². The van der Waals surface area contributed by atoms with E-state index in [-0.39, 0.29) is 17.7 Å². The van der Waals surface area contributed by atoms with Crippen molar-refractivity contribution >= 4 is 5.78 Å². The molecule has 21 heavy (non-hydrogen) atoms. The lowest BCUT2D eigenvalue weighted by Crippen LogP contribution is -2.42. The summed E-state index contributed by atoms with van der Waals surface area (Å²) in [4.78, 5) is 12.4. The number of hydroxylamine groups is 2. The molecule has 0 aromatic heterocycles. The van der Waals surface area contributed by atoms with E-state index in [0.717, 1.165) is 23.5 Å². The monoisotopic (exact) mass is 288 g/mol. The van der Waals surface area contributed by atoms with E-state index in [1.165, 1.54) is 6.42 Å².